The van der Waals surface area contributed by atoms with Crippen LogP contribution in [0.4, 0.5) is 0 Å². The molecule has 0 aromatic heterocycles. The van der Waals surface area contributed by atoms with Gasteiger partial charge in [-0.15, -0.1) is 0 Å². The molecule has 0 unspecified atom stereocenters. The molecule has 0 rings (SSSR count). The van der Waals surface area contributed by atoms with Gasteiger partial charge >= 0.3 is 0 Å². The van der Waals surface area contributed by atoms with E-state index < -0.39 is 0 Å². The molecule has 0 atom stereocenters. The fourth-order valence-corrected chi connectivity index (χ4v) is 0.582. The molecule has 0 aromatic carbocycles. The summed E-state index contributed by atoms with van der Waals surface area (Å²) in [6.45, 7) is 4.13. The zero-order valence-corrected chi connectivity index (χ0v) is 7.33. The highest BCUT2D eigenvalue weighted by Gasteiger charge is 1.62. The maximum atomic E-state index is 2.12. The summed E-state index contributed by atoms with van der Waals surface area (Å²) in [5, 5.41) is 0. The van der Waals surface area contributed by atoms with Crippen LogP contribution in [0.2, 0.25) is 0 Å². The molecular weight excluding hydrogens is 132 g/mol. The van der Waals surface area contributed by atoms with Gasteiger partial charge in [-0.25, -0.2) is 0 Å². The van der Waals surface area contributed by atoms with Crippen LogP contribution in [0, 0.1) is 0 Å². The first-order chi connectivity index (χ1) is 5.41. The Balaban J connectivity index is 3.51. The van der Waals surface area contributed by atoms with Crippen molar-refractivity contribution in [3.05, 3.63) is 48.6 Å². The van der Waals surface area contributed by atoms with Gasteiger partial charge in [0.2, 0.25) is 0 Å². The SMILES string of the molecule is C\C=C/C=C/C=C/C=C\CC. The van der Waals surface area contributed by atoms with Crippen molar-refractivity contribution >= 4 is 0 Å². The number of allylic oxidation sites excluding steroid dienone is 8. The van der Waals surface area contributed by atoms with Crippen LogP contribution >= 0.6 is 0 Å². The molecule has 0 aliphatic rings. The molecule has 0 saturated heterocycles. The van der Waals surface area contributed by atoms with Crippen molar-refractivity contribution in [2.24, 2.45) is 0 Å². The second-order valence-electron chi connectivity index (χ2n) is 2.13. The van der Waals surface area contributed by atoms with Crippen molar-refractivity contribution in [1.29, 1.82) is 0 Å². The van der Waals surface area contributed by atoms with Crippen LogP contribution in [0.5, 0.6) is 0 Å². The van der Waals surface area contributed by atoms with Gasteiger partial charge in [0.1, 0.15) is 0 Å². The number of rotatable bonds is 4. The monoisotopic (exact) mass is 148 g/mol. The normalized spacial score (nSPS) is 13.3. The van der Waals surface area contributed by atoms with E-state index in [0.29, 0.717) is 0 Å². The molecule has 0 fully saturated rings. The fraction of sp³-hybridized carbons (Fsp3) is 0.273. The molecule has 0 heteroatoms. The lowest BCUT2D eigenvalue weighted by molar-refractivity contribution is 1.22. The molecule has 0 saturated carbocycles. The summed E-state index contributed by atoms with van der Waals surface area (Å²) < 4.78 is 0. The minimum Gasteiger partial charge on any atom is -0.0877 e. The predicted octanol–water partition coefficient (Wildman–Crippen LogP) is 3.64. The van der Waals surface area contributed by atoms with Crippen molar-refractivity contribution in [1.82, 2.24) is 0 Å². The van der Waals surface area contributed by atoms with E-state index in [1.54, 1.807) is 0 Å². The smallest absolute Gasteiger partial charge is 0.0376 e. The zero-order valence-electron chi connectivity index (χ0n) is 7.33. The molecule has 60 valence electrons. The Kier molecular flexibility index (Phi) is 8.11. The van der Waals surface area contributed by atoms with Gasteiger partial charge in [-0.05, 0) is 13.3 Å². The van der Waals surface area contributed by atoms with E-state index in [-0.39, 0.29) is 0 Å². The summed E-state index contributed by atoms with van der Waals surface area (Å²) in [5.41, 5.74) is 0. The maximum absolute atomic E-state index is 2.12. The Bertz CT molecular complexity index is 168. The first-order valence-electron chi connectivity index (χ1n) is 4.03. The number of hydrogen-bond donors (Lipinski definition) is 0. The quantitative estimate of drug-likeness (QED) is 0.534. The van der Waals surface area contributed by atoms with E-state index >= 15 is 0 Å². The molecule has 0 bridgehead atoms. The summed E-state index contributed by atoms with van der Waals surface area (Å²) >= 11 is 0. The second kappa shape index (κ2) is 8.96. The fourth-order valence-electron chi connectivity index (χ4n) is 0.582. The average molecular weight is 148 g/mol. The van der Waals surface area contributed by atoms with Gasteiger partial charge in [-0.2, -0.15) is 0 Å². The Labute approximate surface area is 69.6 Å². The minimum absolute atomic E-state index is 1.10. The van der Waals surface area contributed by atoms with Crippen LogP contribution in [0.3, 0.4) is 0 Å². The van der Waals surface area contributed by atoms with Gasteiger partial charge in [-0.3, -0.25) is 0 Å². The van der Waals surface area contributed by atoms with Crippen LogP contribution in [0.15, 0.2) is 48.6 Å². The maximum Gasteiger partial charge on any atom is -0.0376 e. The summed E-state index contributed by atoms with van der Waals surface area (Å²) in [6, 6.07) is 0. The predicted molar refractivity (Wildman–Crippen MR) is 52.5 cm³/mol. The Morgan fingerprint density at radius 3 is 1.91 bits per heavy atom. The van der Waals surface area contributed by atoms with Crippen molar-refractivity contribution in [2.45, 2.75) is 20.3 Å². The molecule has 0 N–H and O–H groups in total. The van der Waals surface area contributed by atoms with Crippen LogP contribution in [0.1, 0.15) is 20.3 Å². The molecule has 0 radical (unpaired) electrons. The molecule has 0 aliphatic carbocycles. The molecule has 0 heterocycles. The molecule has 11 heavy (non-hydrogen) atoms. The van der Waals surface area contributed by atoms with E-state index in [4.69, 9.17) is 0 Å². The molecule has 0 spiro atoms. The van der Waals surface area contributed by atoms with Crippen LogP contribution in [0.25, 0.3) is 0 Å². The van der Waals surface area contributed by atoms with Crippen molar-refractivity contribution < 1.29 is 0 Å². The van der Waals surface area contributed by atoms with Gasteiger partial charge in [0.25, 0.3) is 0 Å². The molecule has 0 aromatic rings. The minimum atomic E-state index is 1.10. The highest BCUT2D eigenvalue weighted by Crippen LogP contribution is 1.83. The van der Waals surface area contributed by atoms with E-state index in [0.717, 1.165) is 6.42 Å². The van der Waals surface area contributed by atoms with Crippen molar-refractivity contribution in [3.63, 3.8) is 0 Å². The zero-order chi connectivity index (χ0) is 8.36. The third-order valence-corrected chi connectivity index (χ3v) is 1.12. The summed E-state index contributed by atoms with van der Waals surface area (Å²) in [4.78, 5) is 0. The Morgan fingerprint density at radius 2 is 1.36 bits per heavy atom. The molecule has 0 amide bonds. The largest absolute Gasteiger partial charge is 0.0877 e. The molecule has 0 aliphatic heterocycles. The summed E-state index contributed by atoms with van der Waals surface area (Å²) in [5.74, 6) is 0. The molecular formula is C11H16. The first kappa shape index (κ1) is 9.96. The van der Waals surface area contributed by atoms with Gasteiger partial charge in [0.05, 0.1) is 0 Å². The summed E-state index contributed by atoms with van der Waals surface area (Å²) in [7, 11) is 0. The topological polar surface area (TPSA) is 0 Å². The van der Waals surface area contributed by atoms with E-state index in [2.05, 4.69) is 19.1 Å². The van der Waals surface area contributed by atoms with E-state index in [1.165, 1.54) is 0 Å². The van der Waals surface area contributed by atoms with E-state index in [1.807, 2.05) is 43.4 Å². The summed E-state index contributed by atoms with van der Waals surface area (Å²) in [6.07, 6.45) is 17.4. The second-order valence-corrected chi connectivity index (χ2v) is 2.13. The van der Waals surface area contributed by atoms with E-state index in [9.17, 15) is 0 Å². The van der Waals surface area contributed by atoms with Gasteiger partial charge in [0.15, 0.2) is 0 Å². The van der Waals surface area contributed by atoms with Crippen molar-refractivity contribution in [3.8, 4) is 0 Å². The molecule has 0 nitrogen and oxygen atoms in total. The Hall–Kier alpha value is -1.04. The first-order valence-corrected chi connectivity index (χ1v) is 4.03. The Morgan fingerprint density at radius 1 is 0.818 bits per heavy atom. The third kappa shape index (κ3) is 8.96. The van der Waals surface area contributed by atoms with Crippen molar-refractivity contribution in [2.75, 3.05) is 0 Å². The highest BCUT2D eigenvalue weighted by molar-refractivity contribution is 5.14. The van der Waals surface area contributed by atoms with Crippen LogP contribution in [-0.4, -0.2) is 0 Å². The van der Waals surface area contributed by atoms with Gasteiger partial charge in [-0.1, -0.05) is 55.5 Å². The number of hydrogen-bond acceptors (Lipinski definition) is 0. The lowest BCUT2D eigenvalue weighted by atomic mass is 10.3. The standard InChI is InChI=1S/C11H16/c1-3-5-7-9-11-10-8-6-4-2/h3,5-11H,4H2,1-2H3/b5-3-,8-6-,9-7+,11-10+. The lowest BCUT2D eigenvalue weighted by Gasteiger charge is -1.74. The van der Waals surface area contributed by atoms with Crippen LogP contribution < -0.4 is 0 Å². The lowest BCUT2D eigenvalue weighted by Crippen LogP contribution is -1.52. The van der Waals surface area contributed by atoms with Crippen LogP contribution in [-0.2, 0) is 0 Å². The highest BCUT2D eigenvalue weighted by atomic mass is 13.7. The third-order valence-electron chi connectivity index (χ3n) is 1.12. The average Bonchev–Trinajstić information content (AvgIpc) is 2.03. The van der Waals surface area contributed by atoms with Gasteiger partial charge < -0.3 is 0 Å². The van der Waals surface area contributed by atoms with Gasteiger partial charge in [0, 0.05) is 0 Å².